The van der Waals surface area contributed by atoms with Gasteiger partial charge in [-0.05, 0) is 38.0 Å². The highest BCUT2D eigenvalue weighted by Crippen LogP contribution is 2.47. The fourth-order valence-corrected chi connectivity index (χ4v) is 3.44. The van der Waals surface area contributed by atoms with Crippen LogP contribution in [0.25, 0.3) is 0 Å². The van der Waals surface area contributed by atoms with Crippen LogP contribution in [-0.2, 0) is 9.53 Å². The summed E-state index contributed by atoms with van der Waals surface area (Å²) in [7, 11) is 1.36. The first-order chi connectivity index (χ1) is 8.50. The Morgan fingerprint density at radius 1 is 1.28 bits per heavy atom. The van der Waals surface area contributed by atoms with Crippen molar-refractivity contribution in [2.24, 2.45) is 17.8 Å². The maximum Gasteiger partial charge on any atom is 0.407 e. The van der Waals surface area contributed by atoms with Crippen LogP contribution in [0.3, 0.4) is 0 Å². The van der Waals surface area contributed by atoms with Crippen molar-refractivity contribution in [2.75, 3.05) is 20.2 Å². The molecule has 0 bridgehead atoms. The van der Waals surface area contributed by atoms with Crippen molar-refractivity contribution in [1.82, 2.24) is 10.2 Å². The molecule has 2 atom stereocenters. The summed E-state index contributed by atoms with van der Waals surface area (Å²) in [5, 5.41) is 2.80. The Morgan fingerprint density at radius 3 is 2.44 bits per heavy atom. The second-order valence-corrected chi connectivity index (χ2v) is 6.28. The van der Waals surface area contributed by atoms with Gasteiger partial charge in [0, 0.05) is 24.5 Å². The van der Waals surface area contributed by atoms with E-state index in [0.717, 1.165) is 37.8 Å². The Labute approximate surface area is 107 Å². The molecule has 0 radical (unpaired) electrons. The lowest BCUT2D eigenvalue weighted by Gasteiger charge is -2.45. The second kappa shape index (κ2) is 3.87. The van der Waals surface area contributed by atoms with Crippen LogP contribution in [0.4, 0.5) is 4.79 Å². The summed E-state index contributed by atoms with van der Waals surface area (Å²) in [6.07, 6.45) is 2.36. The molecule has 5 heteroatoms. The number of ether oxygens (including phenoxy) is 1. The number of hydrogen-bond acceptors (Lipinski definition) is 3. The molecular weight excluding hydrogens is 232 g/mol. The monoisotopic (exact) mass is 252 g/mol. The number of hydrogen-bond donors (Lipinski definition) is 1. The Bertz CT molecular complexity index is 380. The second-order valence-electron chi connectivity index (χ2n) is 6.28. The number of rotatable bonds is 2. The molecule has 0 spiro atoms. The van der Waals surface area contributed by atoms with E-state index in [9.17, 15) is 9.59 Å². The van der Waals surface area contributed by atoms with Crippen LogP contribution in [0, 0.1) is 17.8 Å². The maximum absolute atomic E-state index is 12.2. The zero-order chi connectivity index (χ0) is 12.9. The Kier molecular flexibility index (Phi) is 2.54. The lowest BCUT2D eigenvalue weighted by molar-refractivity contribution is -0.140. The standard InChI is InChI=1S/C13H20N2O3/c1-13(14-12(17)18-2)4-10(5-13)11(16)15-6-8-3-9(8)7-15/h8-10H,3-7H2,1-2H3,(H,14,17)/t8-,9?,10?,13?/m1/s1. The first kappa shape index (κ1) is 11.8. The van der Waals surface area contributed by atoms with Gasteiger partial charge in [-0.1, -0.05) is 0 Å². The summed E-state index contributed by atoms with van der Waals surface area (Å²) >= 11 is 0. The molecule has 5 nitrogen and oxygen atoms in total. The van der Waals surface area contributed by atoms with Crippen LogP contribution in [0.5, 0.6) is 0 Å². The van der Waals surface area contributed by atoms with Crippen molar-refractivity contribution in [1.29, 1.82) is 0 Å². The minimum Gasteiger partial charge on any atom is -0.453 e. The molecule has 0 aromatic rings. The van der Waals surface area contributed by atoms with Crippen LogP contribution in [0.1, 0.15) is 26.2 Å². The summed E-state index contributed by atoms with van der Waals surface area (Å²) in [5.74, 6) is 1.94. The van der Waals surface area contributed by atoms with E-state index in [2.05, 4.69) is 10.1 Å². The average molecular weight is 252 g/mol. The number of nitrogens with one attached hydrogen (secondary N) is 1. The number of carbonyl (C=O) groups is 2. The van der Waals surface area contributed by atoms with E-state index in [0.29, 0.717) is 0 Å². The molecule has 1 N–H and O–H groups in total. The Balaban J connectivity index is 1.49. The molecule has 3 rings (SSSR count). The van der Waals surface area contributed by atoms with Gasteiger partial charge in [0.25, 0.3) is 0 Å². The topological polar surface area (TPSA) is 58.6 Å². The molecule has 0 aromatic carbocycles. The van der Waals surface area contributed by atoms with E-state index in [4.69, 9.17) is 0 Å². The van der Waals surface area contributed by atoms with Crippen LogP contribution in [0.2, 0.25) is 0 Å². The van der Waals surface area contributed by atoms with Crippen LogP contribution in [-0.4, -0.2) is 42.6 Å². The molecule has 3 aliphatic rings. The van der Waals surface area contributed by atoms with E-state index < -0.39 is 6.09 Å². The predicted octanol–water partition coefficient (Wildman–Crippen LogP) is 0.989. The van der Waals surface area contributed by atoms with Crippen molar-refractivity contribution < 1.29 is 14.3 Å². The molecule has 1 heterocycles. The van der Waals surface area contributed by atoms with Gasteiger partial charge < -0.3 is 15.0 Å². The van der Waals surface area contributed by atoms with Crippen molar-refractivity contribution in [3.8, 4) is 0 Å². The molecule has 2 aliphatic carbocycles. The van der Waals surface area contributed by atoms with Gasteiger partial charge >= 0.3 is 6.09 Å². The van der Waals surface area contributed by atoms with Gasteiger partial charge in [0.15, 0.2) is 0 Å². The van der Waals surface area contributed by atoms with Crippen molar-refractivity contribution in [3.63, 3.8) is 0 Å². The summed E-state index contributed by atoms with van der Waals surface area (Å²) in [6, 6.07) is 0. The molecule has 18 heavy (non-hydrogen) atoms. The Hall–Kier alpha value is -1.26. The van der Waals surface area contributed by atoms with E-state index >= 15 is 0 Å². The molecule has 100 valence electrons. The number of nitrogens with zero attached hydrogens (tertiary/aromatic N) is 1. The van der Waals surface area contributed by atoms with Crippen molar-refractivity contribution in [2.45, 2.75) is 31.7 Å². The summed E-state index contributed by atoms with van der Waals surface area (Å²) in [4.78, 5) is 25.4. The molecule has 3 fully saturated rings. The number of amides is 2. The highest BCUT2D eigenvalue weighted by atomic mass is 16.5. The van der Waals surface area contributed by atoms with E-state index in [1.165, 1.54) is 13.5 Å². The lowest BCUT2D eigenvalue weighted by atomic mass is 9.69. The quantitative estimate of drug-likeness (QED) is 0.797. The molecule has 2 saturated carbocycles. The largest absolute Gasteiger partial charge is 0.453 e. The van der Waals surface area contributed by atoms with Gasteiger partial charge in [0.2, 0.25) is 5.91 Å². The Morgan fingerprint density at radius 2 is 1.89 bits per heavy atom. The molecule has 1 unspecified atom stereocenters. The van der Waals surface area contributed by atoms with E-state index in [-0.39, 0.29) is 17.4 Å². The normalized spacial score (nSPS) is 40.8. The minimum absolute atomic E-state index is 0.0876. The summed E-state index contributed by atoms with van der Waals surface area (Å²) in [5.41, 5.74) is -0.268. The lowest BCUT2D eigenvalue weighted by Crippen LogP contribution is -2.58. The van der Waals surface area contributed by atoms with Gasteiger partial charge in [-0.3, -0.25) is 4.79 Å². The zero-order valence-electron chi connectivity index (χ0n) is 10.9. The van der Waals surface area contributed by atoms with Crippen LogP contribution in [0.15, 0.2) is 0 Å². The number of fused-ring (bicyclic) bond motifs is 1. The number of carbonyl (C=O) groups excluding carboxylic acids is 2. The molecule has 1 saturated heterocycles. The smallest absolute Gasteiger partial charge is 0.407 e. The number of likely N-dealkylation sites (tertiary alicyclic amines) is 1. The highest BCUT2D eigenvalue weighted by Gasteiger charge is 2.51. The van der Waals surface area contributed by atoms with Crippen LogP contribution < -0.4 is 5.32 Å². The predicted molar refractivity (Wildman–Crippen MR) is 64.8 cm³/mol. The molecular formula is C13H20N2O3. The maximum atomic E-state index is 12.2. The third kappa shape index (κ3) is 1.95. The van der Waals surface area contributed by atoms with Crippen molar-refractivity contribution >= 4 is 12.0 Å². The number of methoxy groups -OCH3 is 1. The minimum atomic E-state index is -0.411. The van der Waals surface area contributed by atoms with E-state index in [1.807, 2.05) is 11.8 Å². The SMILES string of the molecule is COC(=O)NC1(C)CC(C(=O)N2CC3C[C@@H]3C2)C1. The first-order valence-electron chi connectivity index (χ1n) is 6.66. The number of piperidine rings is 1. The fourth-order valence-electron chi connectivity index (χ4n) is 3.44. The van der Waals surface area contributed by atoms with Gasteiger partial charge in [-0.25, -0.2) is 4.79 Å². The molecule has 2 amide bonds. The summed E-state index contributed by atoms with van der Waals surface area (Å²) < 4.78 is 4.59. The zero-order valence-corrected chi connectivity index (χ0v) is 10.9. The molecule has 0 aromatic heterocycles. The van der Waals surface area contributed by atoms with Crippen LogP contribution >= 0.6 is 0 Å². The highest BCUT2D eigenvalue weighted by molar-refractivity contribution is 5.81. The third-order valence-electron chi connectivity index (χ3n) is 4.62. The average Bonchev–Trinajstić information content (AvgIpc) is 2.91. The summed E-state index contributed by atoms with van der Waals surface area (Å²) in [6.45, 7) is 3.89. The van der Waals surface area contributed by atoms with Gasteiger partial charge in [-0.2, -0.15) is 0 Å². The number of alkyl carbamates (subject to hydrolysis) is 1. The van der Waals surface area contributed by atoms with Gasteiger partial charge in [0.1, 0.15) is 0 Å². The first-order valence-corrected chi connectivity index (χ1v) is 6.66. The van der Waals surface area contributed by atoms with Gasteiger partial charge in [-0.15, -0.1) is 0 Å². The van der Waals surface area contributed by atoms with Gasteiger partial charge in [0.05, 0.1) is 7.11 Å². The molecule has 1 aliphatic heterocycles. The third-order valence-corrected chi connectivity index (χ3v) is 4.62. The fraction of sp³-hybridized carbons (Fsp3) is 0.846. The van der Waals surface area contributed by atoms with E-state index in [1.54, 1.807) is 0 Å². The van der Waals surface area contributed by atoms with Crippen molar-refractivity contribution in [3.05, 3.63) is 0 Å².